The van der Waals surface area contributed by atoms with Crippen molar-refractivity contribution in [3.63, 3.8) is 0 Å². The average Bonchev–Trinajstić information content (AvgIpc) is 3.58. The van der Waals surface area contributed by atoms with E-state index >= 15 is 0 Å². The highest BCUT2D eigenvalue weighted by Crippen LogP contribution is 2.42. The Morgan fingerprint density at radius 2 is 1.87 bits per heavy atom. The normalized spacial score (nSPS) is 14.3. The molecule has 31 heavy (non-hydrogen) atoms. The van der Waals surface area contributed by atoms with Crippen LogP contribution in [0.4, 0.5) is 0 Å². The molecule has 0 saturated heterocycles. The van der Waals surface area contributed by atoms with Crippen LogP contribution >= 0.6 is 0 Å². The molecule has 1 unspecified atom stereocenters. The van der Waals surface area contributed by atoms with Crippen LogP contribution in [0.1, 0.15) is 53.5 Å². The second-order valence-corrected chi connectivity index (χ2v) is 8.11. The van der Waals surface area contributed by atoms with Crippen LogP contribution in [-0.4, -0.2) is 42.1 Å². The molecule has 1 atom stereocenters. The maximum absolute atomic E-state index is 13.1. The molecule has 1 aliphatic carbocycles. The van der Waals surface area contributed by atoms with Crippen LogP contribution in [0, 0.1) is 6.92 Å². The standard InChI is InChI=1S/C25H28N2O4/c1-16(18-8-6-5-7-9-18)26(3)23(28)15-31-25(29)24-17(2)27(19-10-11-19)22-13-12-20(30-4)14-21(22)24/h5-9,12-14,16,19H,10-11,15H2,1-4H3. The Balaban J connectivity index is 1.53. The van der Waals surface area contributed by atoms with Crippen LogP contribution in [0.25, 0.3) is 10.9 Å². The third-order valence-electron chi connectivity index (χ3n) is 6.15. The Morgan fingerprint density at radius 3 is 2.52 bits per heavy atom. The van der Waals surface area contributed by atoms with E-state index in [-0.39, 0.29) is 18.6 Å². The van der Waals surface area contributed by atoms with E-state index in [0.717, 1.165) is 35.0 Å². The van der Waals surface area contributed by atoms with Crippen LogP contribution in [0.2, 0.25) is 0 Å². The summed E-state index contributed by atoms with van der Waals surface area (Å²) in [6.07, 6.45) is 2.21. The van der Waals surface area contributed by atoms with Gasteiger partial charge in [-0.1, -0.05) is 30.3 Å². The highest BCUT2D eigenvalue weighted by atomic mass is 16.5. The topological polar surface area (TPSA) is 60.8 Å². The van der Waals surface area contributed by atoms with Crippen molar-refractivity contribution in [1.82, 2.24) is 9.47 Å². The van der Waals surface area contributed by atoms with Crippen molar-refractivity contribution in [2.45, 2.75) is 38.8 Å². The van der Waals surface area contributed by atoms with Crippen LogP contribution in [-0.2, 0) is 9.53 Å². The second-order valence-electron chi connectivity index (χ2n) is 8.11. The van der Waals surface area contributed by atoms with Crippen molar-refractivity contribution in [3.05, 3.63) is 65.4 Å². The zero-order chi connectivity index (χ0) is 22.1. The first kappa shape index (κ1) is 21.0. The van der Waals surface area contributed by atoms with Crippen molar-refractivity contribution in [2.24, 2.45) is 0 Å². The van der Waals surface area contributed by atoms with Gasteiger partial charge in [0.05, 0.1) is 18.7 Å². The van der Waals surface area contributed by atoms with Gasteiger partial charge in [-0.05, 0) is 50.5 Å². The number of nitrogens with zero attached hydrogens (tertiary/aromatic N) is 2. The minimum Gasteiger partial charge on any atom is -0.497 e. The molecule has 0 spiro atoms. The number of amides is 1. The summed E-state index contributed by atoms with van der Waals surface area (Å²) in [6, 6.07) is 15.8. The smallest absolute Gasteiger partial charge is 0.341 e. The number of rotatable bonds is 7. The molecule has 3 aromatic rings. The lowest BCUT2D eigenvalue weighted by Crippen LogP contribution is -2.33. The summed E-state index contributed by atoms with van der Waals surface area (Å²) < 4.78 is 13.1. The zero-order valence-corrected chi connectivity index (χ0v) is 18.4. The number of fused-ring (bicyclic) bond motifs is 1. The summed E-state index contributed by atoms with van der Waals surface area (Å²) in [4.78, 5) is 27.3. The van der Waals surface area contributed by atoms with E-state index in [4.69, 9.17) is 9.47 Å². The van der Waals surface area contributed by atoms with Gasteiger partial charge in [0.1, 0.15) is 5.75 Å². The predicted octanol–water partition coefficient (Wildman–Crippen LogP) is 4.67. The molecule has 6 nitrogen and oxygen atoms in total. The van der Waals surface area contributed by atoms with Gasteiger partial charge in [0.2, 0.25) is 0 Å². The molecule has 6 heteroatoms. The Kier molecular flexibility index (Phi) is 5.72. The number of hydrogen-bond donors (Lipinski definition) is 0. The third kappa shape index (κ3) is 4.02. The van der Waals surface area contributed by atoms with E-state index in [2.05, 4.69) is 4.57 Å². The van der Waals surface area contributed by atoms with Gasteiger partial charge >= 0.3 is 5.97 Å². The molecular formula is C25H28N2O4. The average molecular weight is 421 g/mol. The molecular weight excluding hydrogens is 392 g/mol. The van der Waals surface area contributed by atoms with Gasteiger partial charge in [-0.3, -0.25) is 4.79 Å². The van der Waals surface area contributed by atoms with Crippen molar-refractivity contribution >= 4 is 22.8 Å². The minimum atomic E-state index is -0.482. The van der Waals surface area contributed by atoms with E-state index in [0.29, 0.717) is 17.4 Å². The largest absolute Gasteiger partial charge is 0.497 e. The van der Waals surface area contributed by atoms with Gasteiger partial charge in [-0.15, -0.1) is 0 Å². The Morgan fingerprint density at radius 1 is 1.16 bits per heavy atom. The first-order chi connectivity index (χ1) is 14.9. The second kappa shape index (κ2) is 8.46. The first-order valence-corrected chi connectivity index (χ1v) is 10.6. The molecule has 162 valence electrons. The summed E-state index contributed by atoms with van der Waals surface area (Å²) in [5.41, 5.74) is 3.40. The third-order valence-corrected chi connectivity index (χ3v) is 6.15. The van der Waals surface area contributed by atoms with Crippen molar-refractivity contribution in [1.29, 1.82) is 0 Å². The molecule has 0 aliphatic heterocycles. The van der Waals surface area contributed by atoms with Gasteiger partial charge in [-0.25, -0.2) is 4.79 Å². The number of hydrogen-bond acceptors (Lipinski definition) is 4. The zero-order valence-electron chi connectivity index (χ0n) is 18.4. The molecule has 1 saturated carbocycles. The predicted molar refractivity (Wildman–Crippen MR) is 119 cm³/mol. The summed E-state index contributed by atoms with van der Waals surface area (Å²) >= 11 is 0. The van der Waals surface area contributed by atoms with E-state index in [1.54, 1.807) is 19.1 Å². The van der Waals surface area contributed by atoms with Gasteiger partial charge in [0.15, 0.2) is 6.61 Å². The van der Waals surface area contributed by atoms with Crippen LogP contribution in [0.5, 0.6) is 5.75 Å². The van der Waals surface area contributed by atoms with Crippen LogP contribution in [0.15, 0.2) is 48.5 Å². The molecule has 1 aliphatic rings. The Labute approximate surface area is 182 Å². The SMILES string of the molecule is COc1ccc2c(c1)c(C(=O)OCC(=O)N(C)C(C)c1ccccc1)c(C)n2C1CC1. The number of aromatic nitrogens is 1. The first-order valence-electron chi connectivity index (χ1n) is 10.6. The van der Waals surface area contributed by atoms with Gasteiger partial charge < -0.3 is 18.9 Å². The van der Waals surface area contributed by atoms with E-state index in [1.165, 1.54) is 0 Å². The number of methoxy groups -OCH3 is 1. The van der Waals surface area contributed by atoms with Crippen LogP contribution in [0.3, 0.4) is 0 Å². The lowest BCUT2D eigenvalue weighted by Gasteiger charge is -2.25. The number of esters is 1. The molecule has 1 aromatic heterocycles. The quantitative estimate of drug-likeness (QED) is 0.521. The molecule has 2 aromatic carbocycles. The molecule has 1 heterocycles. The molecule has 4 rings (SSSR count). The highest BCUT2D eigenvalue weighted by Gasteiger charge is 2.31. The minimum absolute atomic E-state index is 0.116. The van der Waals surface area contributed by atoms with Gasteiger partial charge in [-0.2, -0.15) is 0 Å². The van der Waals surface area contributed by atoms with Crippen molar-refractivity contribution in [3.8, 4) is 5.75 Å². The highest BCUT2D eigenvalue weighted by molar-refractivity contribution is 6.07. The van der Waals surface area contributed by atoms with E-state index in [1.807, 2.05) is 62.4 Å². The van der Waals surface area contributed by atoms with Crippen LogP contribution < -0.4 is 4.74 Å². The lowest BCUT2D eigenvalue weighted by molar-refractivity contribution is -0.135. The van der Waals surface area contributed by atoms with E-state index < -0.39 is 5.97 Å². The fraction of sp³-hybridized carbons (Fsp3) is 0.360. The summed E-state index contributed by atoms with van der Waals surface area (Å²) in [6.45, 7) is 3.59. The molecule has 0 N–H and O–H groups in total. The summed E-state index contributed by atoms with van der Waals surface area (Å²) in [5.74, 6) is -0.0443. The maximum Gasteiger partial charge on any atom is 0.341 e. The number of ether oxygens (including phenoxy) is 2. The fourth-order valence-electron chi connectivity index (χ4n) is 4.08. The number of carbonyl (C=O) groups is 2. The fourth-order valence-corrected chi connectivity index (χ4v) is 4.08. The van der Waals surface area contributed by atoms with Gasteiger partial charge in [0, 0.05) is 29.7 Å². The van der Waals surface area contributed by atoms with Crippen molar-refractivity contribution in [2.75, 3.05) is 20.8 Å². The summed E-state index contributed by atoms with van der Waals surface area (Å²) in [5, 5.41) is 0.798. The summed E-state index contributed by atoms with van der Waals surface area (Å²) in [7, 11) is 3.33. The van der Waals surface area contributed by atoms with Gasteiger partial charge in [0.25, 0.3) is 5.91 Å². The molecule has 0 radical (unpaired) electrons. The molecule has 1 amide bonds. The van der Waals surface area contributed by atoms with Crippen molar-refractivity contribution < 1.29 is 19.1 Å². The maximum atomic E-state index is 13.1. The van der Waals surface area contributed by atoms with E-state index in [9.17, 15) is 9.59 Å². The Bertz CT molecular complexity index is 1120. The number of carbonyl (C=O) groups excluding carboxylic acids is 2. The lowest BCUT2D eigenvalue weighted by atomic mass is 10.1. The number of benzene rings is 2. The number of likely N-dealkylation sites (N-methyl/N-ethyl adjacent to an activating group) is 1. The monoisotopic (exact) mass is 420 g/mol. The Hall–Kier alpha value is -3.28. The molecule has 0 bridgehead atoms. The molecule has 1 fully saturated rings.